The van der Waals surface area contributed by atoms with E-state index in [-0.39, 0.29) is 18.2 Å². The lowest BCUT2D eigenvalue weighted by atomic mass is 10.1. The number of nitrogens with zero attached hydrogens (tertiary/aromatic N) is 3. The van der Waals surface area contributed by atoms with Crippen molar-refractivity contribution in [2.75, 3.05) is 11.9 Å². The minimum absolute atomic E-state index is 0. The monoisotopic (exact) mass is 534 g/mol. The summed E-state index contributed by atoms with van der Waals surface area (Å²) in [5.74, 6) is -0.772. The SMILES string of the molecule is Cc1nc(SC(C)(C)C(=O)O)sc1CCNc1ncc(-c2ccc(OC(F)(F)F)cc2)cn1.Cl. The lowest BCUT2D eigenvalue weighted by Crippen LogP contribution is -2.26. The molecule has 3 aromatic rings. The van der Waals surface area contributed by atoms with Crippen LogP contribution in [0.15, 0.2) is 41.0 Å². The Hall–Kier alpha value is -2.57. The number of hydrogen-bond acceptors (Lipinski definition) is 8. The second-order valence-electron chi connectivity index (χ2n) is 7.45. The highest BCUT2D eigenvalue weighted by Gasteiger charge is 2.31. The summed E-state index contributed by atoms with van der Waals surface area (Å²) in [6, 6.07) is 5.47. The van der Waals surface area contributed by atoms with Gasteiger partial charge in [0.1, 0.15) is 10.5 Å². The van der Waals surface area contributed by atoms with Gasteiger partial charge in [-0.05, 0) is 38.5 Å². The Morgan fingerprint density at radius 1 is 1.15 bits per heavy atom. The van der Waals surface area contributed by atoms with Crippen LogP contribution in [0.1, 0.15) is 24.4 Å². The molecule has 34 heavy (non-hydrogen) atoms. The van der Waals surface area contributed by atoms with Crippen LogP contribution in [-0.4, -0.2) is 43.7 Å². The van der Waals surface area contributed by atoms with E-state index in [0.717, 1.165) is 10.6 Å². The Morgan fingerprint density at radius 3 is 2.32 bits per heavy atom. The third kappa shape index (κ3) is 7.74. The molecule has 0 aliphatic heterocycles. The van der Waals surface area contributed by atoms with E-state index in [1.54, 1.807) is 26.2 Å². The molecule has 0 saturated heterocycles. The molecule has 13 heteroatoms. The van der Waals surface area contributed by atoms with Crippen LogP contribution in [0.5, 0.6) is 5.75 Å². The quantitative estimate of drug-likeness (QED) is 0.330. The van der Waals surface area contributed by atoms with Gasteiger partial charge >= 0.3 is 12.3 Å². The van der Waals surface area contributed by atoms with Gasteiger partial charge in [-0.15, -0.1) is 36.9 Å². The van der Waals surface area contributed by atoms with Crippen molar-refractivity contribution >= 4 is 47.4 Å². The molecule has 0 saturated carbocycles. The number of ether oxygens (including phenoxy) is 1. The van der Waals surface area contributed by atoms with Crippen LogP contribution in [0.4, 0.5) is 19.1 Å². The summed E-state index contributed by atoms with van der Waals surface area (Å²) in [6.45, 7) is 5.73. The first kappa shape index (κ1) is 27.7. The summed E-state index contributed by atoms with van der Waals surface area (Å²) in [5, 5.41) is 12.4. The van der Waals surface area contributed by atoms with Crippen LogP contribution in [0.25, 0.3) is 11.1 Å². The Labute approximate surface area is 208 Å². The molecule has 7 nitrogen and oxygen atoms in total. The van der Waals surface area contributed by atoms with Crippen molar-refractivity contribution < 1.29 is 27.8 Å². The molecule has 0 bridgehead atoms. The summed E-state index contributed by atoms with van der Waals surface area (Å²) in [5.41, 5.74) is 2.17. The standard InChI is InChI=1S/C21H21F3N4O3S2.ClH/c1-12-16(32-19(28-12)33-20(2,3)17(29)30)8-9-25-18-26-10-14(11-27-18)13-4-6-15(7-5-13)31-21(22,23)24;/h4-7,10-11H,8-9H2,1-3H3,(H,29,30)(H,25,26,27);1H. The summed E-state index contributed by atoms with van der Waals surface area (Å²) in [7, 11) is 0. The van der Waals surface area contributed by atoms with E-state index in [4.69, 9.17) is 0 Å². The lowest BCUT2D eigenvalue weighted by molar-refractivity contribution is -0.274. The topological polar surface area (TPSA) is 97.2 Å². The molecule has 0 spiro atoms. The summed E-state index contributed by atoms with van der Waals surface area (Å²) < 4.78 is 40.4. The van der Waals surface area contributed by atoms with Gasteiger partial charge in [0.15, 0.2) is 4.34 Å². The predicted molar refractivity (Wildman–Crippen MR) is 128 cm³/mol. The maximum Gasteiger partial charge on any atom is 0.573 e. The van der Waals surface area contributed by atoms with Crippen molar-refractivity contribution in [3.8, 4) is 16.9 Å². The van der Waals surface area contributed by atoms with Gasteiger partial charge < -0.3 is 15.2 Å². The van der Waals surface area contributed by atoms with Gasteiger partial charge in [-0.2, -0.15) is 0 Å². The van der Waals surface area contributed by atoms with E-state index in [1.165, 1.54) is 47.4 Å². The average Bonchev–Trinajstić information content (AvgIpc) is 3.06. The number of nitrogens with one attached hydrogen (secondary N) is 1. The first-order valence-electron chi connectivity index (χ1n) is 9.74. The van der Waals surface area contributed by atoms with Gasteiger partial charge in [0.05, 0.1) is 5.69 Å². The van der Waals surface area contributed by atoms with E-state index < -0.39 is 17.1 Å². The summed E-state index contributed by atoms with van der Waals surface area (Å²) in [4.78, 5) is 25.3. The third-order valence-electron chi connectivity index (χ3n) is 4.44. The lowest BCUT2D eigenvalue weighted by Gasteiger charge is -2.15. The van der Waals surface area contributed by atoms with Crippen molar-refractivity contribution in [3.05, 3.63) is 47.2 Å². The zero-order valence-corrected chi connectivity index (χ0v) is 20.8. The van der Waals surface area contributed by atoms with Crippen LogP contribution in [0.3, 0.4) is 0 Å². The number of rotatable bonds is 9. The maximum absolute atomic E-state index is 12.3. The van der Waals surface area contributed by atoms with Gasteiger partial charge in [0, 0.05) is 35.8 Å². The third-order valence-corrected chi connectivity index (χ3v) is 6.90. The Morgan fingerprint density at radius 2 is 1.76 bits per heavy atom. The fraction of sp³-hybridized carbons (Fsp3) is 0.333. The molecule has 2 heterocycles. The molecule has 184 valence electrons. The zero-order valence-electron chi connectivity index (χ0n) is 18.3. The smallest absolute Gasteiger partial charge is 0.480 e. The van der Waals surface area contributed by atoms with Crippen molar-refractivity contribution in [2.24, 2.45) is 0 Å². The molecular formula is C21H22ClF3N4O3S2. The van der Waals surface area contributed by atoms with Crippen LogP contribution >= 0.6 is 35.5 Å². The highest BCUT2D eigenvalue weighted by Crippen LogP contribution is 2.36. The first-order valence-corrected chi connectivity index (χ1v) is 11.4. The molecule has 0 atom stereocenters. The molecular weight excluding hydrogens is 513 g/mol. The fourth-order valence-electron chi connectivity index (χ4n) is 2.64. The normalized spacial score (nSPS) is 11.6. The zero-order chi connectivity index (χ0) is 24.2. The molecule has 3 rings (SSSR count). The van der Waals surface area contributed by atoms with Gasteiger partial charge in [0.25, 0.3) is 0 Å². The van der Waals surface area contributed by atoms with Gasteiger partial charge in [-0.1, -0.05) is 23.9 Å². The second-order valence-corrected chi connectivity index (χ2v) is 10.4. The molecule has 0 aliphatic rings. The Kier molecular flexibility index (Phi) is 9.15. The van der Waals surface area contributed by atoms with Gasteiger partial charge in [-0.3, -0.25) is 4.79 Å². The van der Waals surface area contributed by atoms with Crippen molar-refractivity contribution in [1.29, 1.82) is 0 Å². The van der Waals surface area contributed by atoms with E-state index in [1.807, 2.05) is 6.92 Å². The van der Waals surface area contributed by atoms with Gasteiger partial charge in [0.2, 0.25) is 5.95 Å². The maximum atomic E-state index is 12.3. The van der Waals surface area contributed by atoms with Crippen molar-refractivity contribution in [3.63, 3.8) is 0 Å². The fourth-order valence-corrected chi connectivity index (χ4v) is 5.23. The number of halogens is 4. The summed E-state index contributed by atoms with van der Waals surface area (Å²) in [6.07, 6.45) is -0.903. The Balaban J connectivity index is 0.00000408. The van der Waals surface area contributed by atoms with Crippen molar-refractivity contribution in [1.82, 2.24) is 15.0 Å². The van der Waals surface area contributed by atoms with Crippen LogP contribution in [-0.2, 0) is 11.2 Å². The molecule has 0 radical (unpaired) electrons. The molecule has 0 aliphatic carbocycles. The van der Waals surface area contributed by atoms with E-state index in [0.29, 0.717) is 34.4 Å². The number of aromatic nitrogens is 3. The minimum atomic E-state index is -4.73. The molecule has 0 amide bonds. The molecule has 0 unspecified atom stereocenters. The number of aryl methyl sites for hydroxylation is 1. The van der Waals surface area contributed by atoms with Crippen LogP contribution in [0.2, 0.25) is 0 Å². The number of benzene rings is 1. The van der Waals surface area contributed by atoms with Gasteiger partial charge in [-0.25, -0.2) is 15.0 Å². The van der Waals surface area contributed by atoms with Crippen LogP contribution < -0.4 is 10.1 Å². The number of anilines is 1. The predicted octanol–water partition coefficient (Wildman–Crippen LogP) is 5.84. The van der Waals surface area contributed by atoms with Crippen molar-refractivity contribution in [2.45, 2.75) is 42.6 Å². The van der Waals surface area contributed by atoms with E-state index in [2.05, 4.69) is 25.0 Å². The van der Waals surface area contributed by atoms with E-state index >= 15 is 0 Å². The average molecular weight is 535 g/mol. The number of carboxylic acids is 1. The number of thioether (sulfide) groups is 1. The molecule has 1 aromatic carbocycles. The molecule has 0 fully saturated rings. The number of carboxylic acid groups (broad SMARTS) is 1. The van der Waals surface area contributed by atoms with Crippen LogP contribution in [0, 0.1) is 6.92 Å². The highest BCUT2D eigenvalue weighted by molar-refractivity contribution is 8.03. The Bertz CT molecular complexity index is 1110. The largest absolute Gasteiger partial charge is 0.573 e. The summed E-state index contributed by atoms with van der Waals surface area (Å²) >= 11 is 2.69. The number of hydrogen-bond donors (Lipinski definition) is 2. The number of thiazole rings is 1. The minimum Gasteiger partial charge on any atom is -0.480 e. The number of aliphatic carboxylic acids is 1. The molecule has 2 aromatic heterocycles. The molecule has 2 N–H and O–H groups in total. The second kappa shape index (κ2) is 11.2. The first-order chi connectivity index (χ1) is 15.4. The number of alkyl halides is 3. The highest BCUT2D eigenvalue weighted by atomic mass is 35.5. The van der Waals surface area contributed by atoms with E-state index in [9.17, 15) is 23.1 Å². The number of carbonyl (C=O) groups is 1.